The molecule has 2 aromatic rings. The average molecular weight is 349 g/mol. The number of rotatable bonds is 7. The summed E-state index contributed by atoms with van der Waals surface area (Å²) in [5.74, 6) is 0.821. The molecule has 1 unspecified atom stereocenters. The highest BCUT2D eigenvalue weighted by Gasteiger charge is 2.15. The van der Waals surface area contributed by atoms with Crippen molar-refractivity contribution < 1.29 is 4.79 Å². The molecule has 1 amide bonds. The Bertz CT molecular complexity index is 623. The number of carbonyl (C=O) groups excluding carboxylic acids is 1. The summed E-state index contributed by atoms with van der Waals surface area (Å²) in [6, 6.07) is 12.0. The Labute approximate surface area is 149 Å². The van der Waals surface area contributed by atoms with Gasteiger partial charge in [0, 0.05) is 25.6 Å². The Morgan fingerprint density at radius 3 is 2.88 bits per heavy atom. The van der Waals surface area contributed by atoms with E-state index in [2.05, 4.69) is 15.7 Å². The number of aromatic nitrogens is 2. The van der Waals surface area contributed by atoms with E-state index in [0.29, 0.717) is 18.9 Å². The van der Waals surface area contributed by atoms with Gasteiger partial charge < -0.3 is 10.6 Å². The van der Waals surface area contributed by atoms with Gasteiger partial charge in [0.1, 0.15) is 0 Å². The van der Waals surface area contributed by atoms with Crippen molar-refractivity contribution in [1.29, 1.82) is 0 Å². The van der Waals surface area contributed by atoms with Gasteiger partial charge in [0.15, 0.2) is 0 Å². The first-order valence-corrected chi connectivity index (χ1v) is 8.38. The maximum Gasteiger partial charge on any atom is 0.220 e. The van der Waals surface area contributed by atoms with E-state index < -0.39 is 0 Å². The van der Waals surface area contributed by atoms with Crippen LogP contribution in [0.3, 0.4) is 0 Å². The van der Waals surface area contributed by atoms with E-state index in [1.807, 2.05) is 47.3 Å². The molecule has 0 spiro atoms. The van der Waals surface area contributed by atoms with E-state index in [1.54, 1.807) is 0 Å². The molecule has 5 nitrogen and oxygen atoms in total. The molecule has 0 bridgehead atoms. The van der Waals surface area contributed by atoms with Crippen molar-refractivity contribution >= 4 is 18.3 Å². The van der Waals surface area contributed by atoms with Gasteiger partial charge in [-0.05, 0) is 50.0 Å². The highest BCUT2D eigenvalue weighted by molar-refractivity contribution is 5.85. The third-order valence-corrected chi connectivity index (χ3v) is 4.31. The van der Waals surface area contributed by atoms with Crippen LogP contribution in [0.25, 0.3) is 5.69 Å². The maximum atomic E-state index is 11.9. The molecular formula is C18H25ClN4O. The molecule has 24 heavy (non-hydrogen) atoms. The minimum atomic E-state index is 0. The Balaban J connectivity index is 0.00000208. The highest BCUT2D eigenvalue weighted by Crippen LogP contribution is 2.13. The number of hydrogen-bond donors (Lipinski definition) is 2. The molecule has 0 radical (unpaired) electrons. The van der Waals surface area contributed by atoms with Crippen LogP contribution in [-0.2, 0) is 11.2 Å². The van der Waals surface area contributed by atoms with Gasteiger partial charge in [-0.2, -0.15) is 5.10 Å². The van der Waals surface area contributed by atoms with Gasteiger partial charge in [-0.25, -0.2) is 4.68 Å². The summed E-state index contributed by atoms with van der Waals surface area (Å²) >= 11 is 0. The number of carbonyl (C=O) groups is 1. The van der Waals surface area contributed by atoms with Crippen molar-refractivity contribution in [3.63, 3.8) is 0 Å². The first-order chi connectivity index (χ1) is 11.3. The fraction of sp³-hybridized carbons (Fsp3) is 0.444. The van der Waals surface area contributed by atoms with Gasteiger partial charge in [-0.1, -0.05) is 18.2 Å². The molecule has 0 aliphatic carbocycles. The van der Waals surface area contributed by atoms with Crippen LogP contribution >= 0.6 is 12.4 Å². The van der Waals surface area contributed by atoms with Gasteiger partial charge in [-0.3, -0.25) is 4.79 Å². The summed E-state index contributed by atoms with van der Waals surface area (Å²) in [5.41, 5.74) is 2.04. The molecule has 1 saturated heterocycles. The minimum Gasteiger partial charge on any atom is -0.356 e. The summed E-state index contributed by atoms with van der Waals surface area (Å²) in [7, 11) is 0. The summed E-state index contributed by atoms with van der Waals surface area (Å²) in [4.78, 5) is 11.9. The molecule has 6 heteroatoms. The molecule has 2 heterocycles. The lowest BCUT2D eigenvalue weighted by Gasteiger charge is -2.08. The van der Waals surface area contributed by atoms with E-state index >= 15 is 0 Å². The maximum absolute atomic E-state index is 11.9. The average Bonchev–Trinajstić information content (AvgIpc) is 3.26. The van der Waals surface area contributed by atoms with Crippen LogP contribution in [0.2, 0.25) is 0 Å². The van der Waals surface area contributed by atoms with E-state index in [1.165, 1.54) is 6.42 Å². The number of amides is 1. The SMILES string of the molecule is Cl.O=C(CCC1CCNC1)NCCc1ccn(-c2ccccc2)n1. The van der Waals surface area contributed by atoms with Crippen molar-refractivity contribution in [2.75, 3.05) is 19.6 Å². The first-order valence-electron chi connectivity index (χ1n) is 8.38. The topological polar surface area (TPSA) is 59.0 Å². The second-order valence-electron chi connectivity index (χ2n) is 6.08. The fourth-order valence-corrected chi connectivity index (χ4v) is 2.93. The van der Waals surface area contributed by atoms with Crippen LogP contribution in [0.15, 0.2) is 42.6 Å². The van der Waals surface area contributed by atoms with Crippen molar-refractivity contribution in [1.82, 2.24) is 20.4 Å². The van der Waals surface area contributed by atoms with Gasteiger partial charge in [-0.15, -0.1) is 12.4 Å². The molecule has 1 aliphatic heterocycles. The van der Waals surface area contributed by atoms with Crippen LogP contribution in [0.1, 0.15) is 25.0 Å². The lowest BCUT2D eigenvalue weighted by Crippen LogP contribution is -2.26. The normalized spacial score (nSPS) is 16.6. The van der Waals surface area contributed by atoms with Crippen LogP contribution in [0.5, 0.6) is 0 Å². The summed E-state index contributed by atoms with van der Waals surface area (Å²) < 4.78 is 1.87. The monoisotopic (exact) mass is 348 g/mol. The van der Waals surface area contributed by atoms with Crippen LogP contribution in [-0.4, -0.2) is 35.3 Å². The fourth-order valence-electron chi connectivity index (χ4n) is 2.93. The van der Waals surface area contributed by atoms with Crippen molar-refractivity contribution in [2.24, 2.45) is 5.92 Å². The second-order valence-corrected chi connectivity index (χ2v) is 6.08. The number of nitrogens with one attached hydrogen (secondary N) is 2. The smallest absolute Gasteiger partial charge is 0.220 e. The summed E-state index contributed by atoms with van der Waals surface area (Å²) in [6.45, 7) is 2.80. The quantitative estimate of drug-likeness (QED) is 0.807. The van der Waals surface area contributed by atoms with Crippen molar-refractivity contribution in [3.05, 3.63) is 48.3 Å². The minimum absolute atomic E-state index is 0. The van der Waals surface area contributed by atoms with Crippen LogP contribution in [0.4, 0.5) is 0 Å². The zero-order valence-corrected chi connectivity index (χ0v) is 14.6. The zero-order valence-electron chi connectivity index (χ0n) is 13.8. The number of nitrogens with zero attached hydrogens (tertiary/aromatic N) is 2. The summed E-state index contributed by atoms with van der Waals surface area (Å²) in [6.07, 6.45) is 5.53. The Hall–Kier alpha value is -1.85. The lowest BCUT2D eigenvalue weighted by molar-refractivity contribution is -0.121. The number of hydrogen-bond acceptors (Lipinski definition) is 3. The van der Waals surface area contributed by atoms with E-state index in [9.17, 15) is 4.79 Å². The molecule has 2 N–H and O–H groups in total. The highest BCUT2D eigenvalue weighted by atomic mass is 35.5. The standard InChI is InChI=1S/C18H24N4O.ClH/c23-18(7-6-15-8-11-19-14-15)20-12-9-16-10-13-22(21-16)17-4-2-1-3-5-17;/h1-5,10,13,15,19H,6-9,11-12,14H2,(H,20,23);1H. The molecule has 1 fully saturated rings. The van der Waals surface area contributed by atoms with E-state index in [0.717, 1.165) is 37.3 Å². The molecular weight excluding hydrogens is 324 g/mol. The Kier molecular flexibility index (Phi) is 7.28. The molecule has 1 aromatic heterocycles. The second kappa shape index (κ2) is 9.45. The number of para-hydroxylation sites is 1. The first kappa shape index (κ1) is 18.5. The molecule has 3 rings (SSSR count). The Morgan fingerprint density at radius 1 is 1.29 bits per heavy atom. The summed E-state index contributed by atoms with van der Waals surface area (Å²) in [5, 5.41) is 10.9. The van der Waals surface area contributed by atoms with Gasteiger partial charge in [0.05, 0.1) is 11.4 Å². The lowest BCUT2D eigenvalue weighted by atomic mass is 10.0. The van der Waals surface area contributed by atoms with E-state index in [-0.39, 0.29) is 18.3 Å². The predicted octanol–water partition coefficient (Wildman–Crippen LogP) is 2.34. The predicted molar refractivity (Wildman–Crippen MR) is 97.7 cm³/mol. The third-order valence-electron chi connectivity index (χ3n) is 4.31. The Morgan fingerprint density at radius 2 is 2.12 bits per heavy atom. The molecule has 1 aromatic carbocycles. The number of halogens is 1. The van der Waals surface area contributed by atoms with Gasteiger partial charge in [0.2, 0.25) is 5.91 Å². The van der Waals surface area contributed by atoms with Crippen molar-refractivity contribution in [3.8, 4) is 5.69 Å². The van der Waals surface area contributed by atoms with Gasteiger partial charge in [0.25, 0.3) is 0 Å². The van der Waals surface area contributed by atoms with E-state index in [4.69, 9.17) is 0 Å². The van der Waals surface area contributed by atoms with Crippen LogP contribution < -0.4 is 10.6 Å². The zero-order chi connectivity index (χ0) is 15.9. The number of benzene rings is 1. The third kappa shape index (κ3) is 5.35. The molecule has 1 aliphatic rings. The van der Waals surface area contributed by atoms with Crippen molar-refractivity contribution in [2.45, 2.75) is 25.7 Å². The largest absolute Gasteiger partial charge is 0.356 e. The molecule has 0 saturated carbocycles. The van der Waals surface area contributed by atoms with Gasteiger partial charge >= 0.3 is 0 Å². The molecule has 1 atom stereocenters. The molecule has 130 valence electrons. The van der Waals surface area contributed by atoms with Crippen LogP contribution in [0, 0.1) is 5.92 Å².